The standard InChI is InChI=1S/C18H23BrN4/c1-18(2,3)23-17-21-15(13-6-7-13)10-16(22-17)20-11-12-4-8-14(19)9-5-12/h4-5,8-10,13H,6-7,11H2,1-3H3,(H2,20,21,22,23). The maximum atomic E-state index is 4.68. The van der Waals surface area contributed by atoms with Gasteiger partial charge in [0.15, 0.2) is 0 Å². The van der Waals surface area contributed by atoms with E-state index in [0.717, 1.165) is 22.5 Å². The van der Waals surface area contributed by atoms with Crippen molar-refractivity contribution >= 4 is 27.7 Å². The van der Waals surface area contributed by atoms with Gasteiger partial charge in [-0.25, -0.2) is 4.98 Å². The van der Waals surface area contributed by atoms with E-state index < -0.39 is 0 Å². The van der Waals surface area contributed by atoms with Crippen molar-refractivity contribution in [2.75, 3.05) is 10.6 Å². The summed E-state index contributed by atoms with van der Waals surface area (Å²) in [4.78, 5) is 9.30. The van der Waals surface area contributed by atoms with E-state index in [-0.39, 0.29) is 5.54 Å². The topological polar surface area (TPSA) is 49.8 Å². The third kappa shape index (κ3) is 4.93. The molecular formula is C18H23BrN4. The van der Waals surface area contributed by atoms with Crippen LogP contribution in [0.5, 0.6) is 0 Å². The van der Waals surface area contributed by atoms with Crippen molar-refractivity contribution in [3.05, 3.63) is 46.1 Å². The molecule has 23 heavy (non-hydrogen) atoms. The van der Waals surface area contributed by atoms with Gasteiger partial charge in [-0.15, -0.1) is 0 Å². The Bertz CT molecular complexity index is 672. The molecule has 3 rings (SSSR count). The normalized spacial score (nSPS) is 14.6. The second-order valence-corrected chi connectivity index (χ2v) is 8.05. The van der Waals surface area contributed by atoms with Crippen LogP contribution in [0.25, 0.3) is 0 Å². The van der Waals surface area contributed by atoms with E-state index in [0.29, 0.717) is 11.9 Å². The summed E-state index contributed by atoms with van der Waals surface area (Å²) in [6.07, 6.45) is 2.47. The minimum Gasteiger partial charge on any atom is -0.366 e. The van der Waals surface area contributed by atoms with E-state index in [9.17, 15) is 0 Å². The van der Waals surface area contributed by atoms with E-state index >= 15 is 0 Å². The Labute approximate surface area is 146 Å². The summed E-state index contributed by atoms with van der Waals surface area (Å²) < 4.78 is 1.09. The summed E-state index contributed by atoms with van der Waals surface area (Å²) in [7, 11) is 0. The summed E-state index contributed by atoms with van der Waals surface area (Å²) in [5.41, 5.74) is 2.32. The molecular weight excluding hydrogens is 352 g/mol. The van der Waals surface area contributed by atoms with Gasteiger partial charge < -0.3 is 10.6 Å². The molecule has 0 atom stereocenters. The van der Waals surface area contributed by atoms with Crippen LogP contribution >= 0.6 is 15.9 Å². The second kappa shape index (κ2) is 6.48. The van der Waals surface area contributed by atoms with Gasteiger partial charge in [0, 0.05) is 28.5 Å². The monoisotopic (exact) mass is 374 g/mol. The lowest BCUT2D eigenvalue weighted by Gasteiger charge is -2.21. The van der Waals surface area contributed by atoms with Gasteiger partial charge in [0.1, 0.15) is 5.82 Å². The van der Waals surface area contributed by atoms with Crippen LogP contribution in [0.2, 0.25) is 0 Å². The van der Waals surface area contributed by atoms with Crippen molar-refractivity contribution in [3.8, 4) is 0 Å². The third-order valence-corrected chi connectivity index (χ3v) is 4.14. The molecule has 0 radical (unpaired) electrons. The molecule has 1 fully saturated rings. The number of nitrogens with zero attached hydrogens (tertiary/aromatic N) is 2. The maximum absolute atomic E-state index is 4.68. The van der Waals surface area contributed by atoms with Crippen molar-refractivity contribution in [1.29, 1.82) is 0 Å². The zero-order valence-corrected chi connectivity index (χ0v) is 15.4. The van der Waals surface area contributed by atoms with Crippen LogP contribution in [0.4, 0.5) is 11.8 Å². The molecule has 0 amide bonds. The van der Waals surface area contributed by atoms with Crippen molar-refractivity contribution in [1.82, 2.24) is 9.97 Å². The first-order chi connectivity index (χ1) is 10.9. The van der Waals surface area contributed by atoms with Gasteiger partial charge >= 0.3 is 0 Å². The fourth-order valence-electron chi connectivity index (χ4n) is 2.33. The number of anilines is 2. The Morgan fingerprint density at radius 1 is 1.13 bits per heavy atom. The molecule has 4 nitrogen and oxygen atoms in total. The first-order valence-electron chi connectivity index (χ1n) is 8.04. The molecule has 0 spiro atoms. The van der Waals surface area contributed by atoms with Crippen LogP contribution in [0, 0.1) is 0 Å². The molecule has 1 aliphatic carbocycles. The maximum Gasteiger partial charge on any atom is 0.225 e. The fourth-order valence-corrected chi connectivity index (χ4v) is 2.60. The summed E-state index contributed by atoms with van der Waals surface area (Å²) in [6, 6.07) is 10.4. The molecule has 122 valence electrons. The average Bonchev–Trinajstić information content (AvgIpc) is 3.29. The quantitative estimate of drug-likeness (QED) is 0.777. The van der Waals surface area contributed by atoms with Gasteiger partial charge in [0.25, 0.3) is 0 Å². The van der Waals surface area contributed by atoms with Crippen LogP contribution in [-0.2, 0) is 6.54 Å². The number of aromatic nitrogens is 2. The lowest BCUT2D eigenvalue weighted by molar-refractivity contribution is 0.625. The molecule has 1 aromatic heterocycles. The van der Waals surface area contributed by atoms with Gasteiger partial charge in [-0.3, -0.25) is 0 Å². The molecule has 2 N–H and O–H groups in total. The van der Waals surface area contributed by atoms with E-state index in [2.05, 4.69) is 87.6 Å². The first kappa shape index (κ1) is 16.2. The Morgan fingerprint density at radius 2 is 1.83 bits per heavy atom. The molecule has 0 unspecified atom stereocenters. The summed E-state index contributed by atoms with van der Waals surface area (Å²) >= 11 is 3.46. The molecule has 2 aromatic rings. The predicted molar refractivity (Wildman–Crippen MR) is 98.9 cm³/mol. The highest BCUT2D eigenvalue weighted by Gasteiger charge is 2.26. The summed E-state index contributed by atoms with van der Waals surface area (Å²) in [5, 5.41) is 6.80. The first-order valence-corrected chi connectivity index (χ1v) is 8.84. The lowest BCUT2D eigenvalue weighted by atomic mass is 10.1. The lowest BCUT2D eigenvalue weighted by Crippen LogP contribution is -2.27. The van der Waals surface area contributed by atoms with Gasteiger partial charge in [-0.05, 0) is 51.3 Å². The number of nitrogens with one attached hydrogen (secondary N) is 2. The van der Waals surface area contributed by atoms with E-state index in [1.54, 1.807) is 0 Å². The Hall–Kier alpha value is -1.62. The highest BCUT2D eigenvalue weighted by atomic mass is 79.9. The summed E-state index contributed by atoms with van der Waals surface area (Å²) in [6.45, 7) is 7.11. The van der Waals surface area contributed by atoms with Crippen LogP contribution < -0.4 is 10.6 Å². The molecule has 0 bridgehead atoms. The van der Waals surface area contributed by atoms with E-state index in [4.69, 9.17) is 0 Å². The van der Waals surface area contributed by atoms with Gasteiger partial charge in [-0.2, -0.15) is 4.98 Å². The second-order valence-electron chi connectivity index (χ2n) is 7.13. The Balaban J connectivity index is 1.75. The molecule has 0 aliphatic heterocycles. The summed E-state index contributed by atoms with van der Waals surface area (Å²) in [5.74, 6) is 2.20. The molecule has 1 heterocycles. The van der Waals surface area contributed by atoms with Crippen molar-refractivity contribution in [2.24, 2.45) is 0 Å². The zero-order valence-electron chi connectivity index (χ0n) is 13.9. The average molecular weight is 375 g/mol. The SMILES string of the molecule is CC(C)(C)Nc1nc(NCc2ccc(Br)cc2)cc(C2CC2)n1. The number of rotatable bonds is 5. The van der Waals surface area contributed by atoms with Gasteiger partial charge in [-0.1, -0.05) is 28.1 Å². The fraction of sp³-hybridized carbons (Fsp3) is 0.444. The van der Waals surface area contributed by atoms with Crippen LogP contribution in [0.15, 0.2) is 34.8 Å². The van der Waals surface area contributed by atoms with Crippen LogP contribution in [0.3, 0.4) is 0 Å². The largest absolute Gasteiger partial charge is 0.366 e. The third-order valence-electron chi connectivity index (χ3n) is 3.62. The number of benzene rings is 1. The predicted octanol–water partition coefficient (Wildman–Crippen LogP) is 4.94. The van der Waals surface area contributed by atoms with E-state index in [1.807, 2.05) is 0 Å². The highest BCUT2D eigenvalue weighted by Crippen LogP contribution is 2.40. The molecule has 1 aromatic carbocycles. The van der Waals surface area contributed by atoms with Crippen molar-refractivity contribution < 1.29 is 0 Å². The van der Waals surface area contributed by atoms with Crippen LogP contribution in [0.1, 0.15) is 50.8 Å². The zero-order chi connectivity index (χ0) is 16.4. The smallest absolute Gasteiger partial charge is 0.225 e. The van der Waals surface area contributed by atoms with Crippen LogP contribution in [-0.4, -0.2) is 15.5 Å². The minimum absolute atomic E-state index is 0.0504. The Kier molecular flexibility index (Phi) is 4.57. The van der Waals surface area contributed by atoms with Gasteiger partial charge in [0.05, 0.1) is 5.69 Å². The molecule has 5 heteroatoms. The van der Waals surface area contributed by atoms with E-state index in [1.165, 1.54) is 18.4 Å². The Morgan fingerprint density at radius 3 is 2.43 bits per heavy atom. The van der Waals surface area contributed by atoms with Crippen molar-refractivity contribution in [2.45, 2.75) is 51.6 Å². The minimum atomic E-state index is -0.0504. The highest BCUT2D eigenvalue weighted by molar-refractivity contribution is 9.10. The number of halogens is 1. The number of hydrogen-bond acceptors (Lipinski definition) is 4. The molecule has 0 saturated heterocycles. The van der Waals surface area contributed by atoms with Gasteiger partial charge in [0.2, 0.25) is 5.95 Å². The number of hydrogen-bond donors (Lipinski definition) is 2. The van der Waals surface area contributed by atoms with Crippen molar-refractivity contribution in [3.63, 3.8) is 0 Å². The molecule has 1 saturated carbocycles. The molecule has 1 aliphatic rings.